The number of benzene rings is 1. The number of methoxy groups -OCH3 is 1. The molecule has 1 aliphatic rings. The van der Waals surface area contributed by atoms with E-state index in [1.807, 2.05) is 35.9 Å². The first-order valence-electron chi connectivity index (χ1n) is 7.31. The van der Waals surface area contributed by atoms with Gasteiger partial charge in [0.2, 0.25) is 6.79 Å². The van der Waals surface area contributed by atoms with E-state index in [0.29, 0.717) is 4.88 Å². The Kier molecular flexibility index (Phi) is 4.41. The first kappa shape index (κ1) is 16.4. The molecule has 2 aromatic heterocycles. The lowest BCUT2D eigenvalue weighted by Gasteiger charge is -2.00. The highest BCUT2D eigenvalue weighted by molar-refractivity contribution is 8.00. The second-order valence-electron chi connectivity index (χ2n) is 5.11. The summed E-state index contributed by atoms with van der Waals surface area (Å²) in [5.41, 5.74) is 2.81. The van der Waals surface area contributed by atoms with E-state index in [9.17, 15) is 4.79 Å². The van der Waals surface area contributed by atoms with Crippen molar-refractivity contribution in [3.8, 4) is 33.3 Å². The van der Waals surface area contributed by atoms with Crippen molar-refractivity contribution in [3.05, 3.63) is 34.5 Å². The molecule has 3 aromatic rings. The summed E-state index contributed by atoms with van der Waals surface area (Å²) < 4.78 is 16.6. The molecule has 5 nitrogen and oxygen atoms in total. The van der Waals surface area contributed by atoms with Gasteiger partial charge in [0, 0.05) is 16.5 Å². The zero-order chi connectivity index (χ0) is 17.4. The van der Waals surface area contributed by atoms with Crippen molar-refractivity contribution in [2.24, 2.45) is 0 Å². The molecular weight excluding hydrogens is 378 g/mol. The number of hydrogen-bond donors (Lipinski definition) is 0. The largest absolute Gasteiger partial charge is 0.465 e. The summed E-state index contributed by atoms with van der Waals surface area (Å²) in [5, 5.41) is 2.88. The molecule has 3 heterocycles. The van der Waals surface area contributed by atoms with Crippen LogP contribution in [0.4, 0.5) is 0 Å². The number of carbonyl (C=O) groups is 1. The second kappa shape index (κ2) is 6.70. The maximum atomic E-state index is 11.8. The van der Waals surface area contributed by atoms with Crippen LogP contribution >= 0.6 is 34.4 Å². The monoisotopic (exact) mass is 391 g/mol. The van der Waals surface area contributed by atoms with E-state index >= 15 is 0 Å². The predicted molar refractivity (Wildman–Crippen MR) is 100 cm³/mol. The Balaban J connectivity index is 1.70. The molecule has 1 aromatic carbocycles. The van der Waals surface area contributed by atoms with Crippen LogP contribution in [-0.4, -0.2) is 31.1 Å². The minimum atomic E-state index is -0.320. The van der Waals surface area contributed by atoms with E-state index in [4.69, 9.17) is 19.2 Å². The van der Waals surface area contributed by atoms with Crippen molar-refractivity contribution in [3.63, 3.8) is 0 Å². The maximum absolute atomic E-state index is 11.8. The molecule has 128 valence electrons. The van der Waals surface area contributed by atoms with E-state index in [1.165, 1.54) is 18.4 Å². The lowest BCUT2D eigenvalue weighted by Crippen LogP contribution is -1.96. The normalized spacial score (nSPS) is 12.4. The fraction of sp³-hybridized carbons (Fsp3) is 0.176. The van der Waals surface area contributed by atoms with Crippen molar-refractivity contribution in [2.45, 2.75) is 4.21 Å². The van der Waals surface area contributed by atoms with Crippen LogP contribution in [0.1, 0.15) is 9.67 Å². The molecule has 0 N–H and O–H groups in total. The van der Waals surface area contributed by atoms with E-state index < -0.39 is 0 Å². The van der Waals surface area contributed by atoms with E-state index in [1.54, 1.807) is 23.1 Å². The number of thiazole rings is 1. The highest BCUT2D eigenvalue weighted by atomic mass is 32.2. The van der Waals surface area contributed by atoms with Crippen molar-refractivity contribution < 1.29 is 19.0 Å². The molecular formula is C17H13NO4S3. The van der Waals surface area contributed by atoms with Crippen LogP contribution in [0.3, 0.4) is 0 Å². The Morgan fingerprint density at radius 2 is 2.12 bits per heavy atom. The lowest BCUT2D eigenvalue weighted by atomic mass is 10.1. The number of hydrogen-bond acceptors (Lipinski definition) is 8. The molecule has 0 fully saturated rings. The molecule has 0 radical (unpaired) electrons. The minimum Gasteiger partial charge on any atom is -0.465 e. The molecule has 0 bridgehead atoms. The maximum Gasteiger partial charge on any atom is 0.348 e. The molecule has 0 spiro atoms. The van der Waals surface area contributed by atoms with Crippen LogP contribution in [-0.2, 0) is 4.74 Å². The fourth-order valence-corrected chi connectivity index (χ4v) is 5.23. The SMILES string of the molecule is COC(=O)c1cc(-c2nc(-c3ccc4c(c3)OCO4)cs2)c(SC)s1. The Morgan fingerprint density at radius 3 is 2.92 bits per heavy atom. The van der Waals surface area contributed by atoms with Gasteiger partial charge in [-0.15, -0.1) is 34.4 Å². The zero-order valence-corrected chi connectivity index (χ0v) is 15.8. The Morgan fingerprint density at radius 1 is 1.28 bits per heavy atom. The Labute approximate surface area is 156 Å². The number of rotatable bonds is 4. The van der Waals surface area contributed by atoms with E-state index in [-0.39, 0.29) is 12.8 Å². The average Bonchev–Trinajstić information content (AvgIpc) is 3.37. The summed E-state index contributed by atoms with van der Waals surface area (Å²) in [6, 6.07) is 7.65. The molecule has 25 heavy (non-hydrogen) atoms. The van der Waals surface area contributed by atoms with Gasteiger partial charge in [-0.2, -0.15) is 0 Å². The van der Waals surface area contributed by atoms with Crippen LogP contribution in [0.15, 0.2) is 33.9 Å². The highest BCUT2D eigenvalue weighted by Crippen LogP contribution is 2.41. The number of nitrogens with zero attached hydrogens (tertiary/aromatic N) is 1. The molecule has 0 saturated carbocycles. The summed E-state index contributed by atoms with van der Waals surface area (Å²) in [7, 11) is 1.39. The Bertz CT molecular complexity index is 947. The summed E-state index contributed by atoms with van der Waals surface area (Å²) in [5.74, 6) is 1.17. The van der Waals surface area contributed by atoms with E-state index in [0.717, 1.165) is 37.5 Å². The van der Waals surface area contributed by atoms with Crippen molar-refractivity contribution in [2.75, 3.05) is 20.2 Å². The van der Waals surface area contributed by atoms with Crippen molar-refractivity contribution >= 4 is 40.4 Å². The zero-order valence-electron chi connectivity index (χ0n) is 13.4. The summed E-state index contributed by atoms with van der Waals surface area (Å²) in [4.78, 5) is 17.1. The van der Waals surface area contributed by atoms with Crippen LogP contribution in [0.2, 0.25) is 0 Å². The number of esters is 1. The van der Waals surface area contributed by atoms with Gasteiger partial charge in [0.1, 0.15) is 9.88 Å². The number of carbonyl (C=O) groups excluding carboxylic acids is 1. The minimum absolute atomic E-state index is 0.253. The molecule has 0 aliphatic carbocycles. The van der Waals surface area contributed by atoms with E-state index in [2.05, 4.69) is 0 Å². The third kappa shape index (κ3) is 3.01. The predicted octanol–water partition coefficient (Wildman–Crippen LogP) is 4.78. The number of thiophene rings is 1. The van der Waals surface area contributed by atoms with Crippen LogP contribution in [0, 0.1) is 0 Å². The van der Waals surface area contributed by atoms with Gasteiger partial charge in [-0.25, -0.2) is 9.78 Å². The number of aromatic nitrogens is 1. The highest BCUT2D eigenvalue weighted by Gasteiger charge is 2.19. The average molecular weight is 391 g/mol. The van der Waals surface area contributed by atoms with Gasteiger partial charge in [0.15, 0.2) is 11.5 Å². The molecule has 4 rings (SSSR count). The third-order valence-corrected chi connectivity index (χ3v) is 6.80. The van der Waals surface area contributed by atoms with Gasteiger partial charge in [-0.3, -0.25) is 0 Å². The summed E-state index contributed by atoms with van der Waals surface area (Å²) >= 11 is 4.58. The fourth-order valence-electron chi connectivity index (χ4n) is 2.46. The molecule has 0 amide bonds. The van der Waals surface area contributed by atoms with Crippen molar-refractivity contribution in [1.82, 2.24) is 4.98 Å². The first-order valence-corrected chi connectivity index (χ1v) is 10.2. The van der Waals surface area contributed by atoms with Gasteiger partial charge in [0.05, 0.1) is 17.0 Å². The van der Waals surface area contributed by atoms with Crippen molar-refractivity contribution in [1.29, 1.82) is 0 Å². The standard InChI is InChI=1S/C17H13NO4S3/c1-20-16(19)14-6-10(17(23-2)25-14)15-18-11(7-24-15)9-3-4-12-13(5-9)22-8-21-12/h3-7H,8H2,1-2H3. The molecule has 1 aliphatic heterocycles. The molecule has 8 heteroatoms. The summed E-state index contributed by atoms with van der Waals surface area (Å²) in [6.45, 7) is 0.253. The van der Waals surface area contributed by atoms with Gasteiger partial charge >= 0.3 is 5.97 Å². The topological polar surface area (TPSA) is 57.7 Å². The van der Waals surface area contributed by atoms with Crippen LogP contribution < -0.4 is 9.47 Å². The Hall–Kier alpha value is -2.03. The van der Waals surface area contributed by atoms with Crippen LogP contribution in [0.5, 0.6) is 11.5 Å². The van der Waals surface area contributed by atoms with Gasteiger partial charge in [-0.1, -0.05) is 0 Å². The van der Waals surface area contributed by atoms with Gasteiger partial charge in [-0.05, 0) is 30.5 Å². The van der Waals surface area contributed by atoms with Gasteiger partial charge in [0.25, 0.3) is 0 Å². The summed E-state index contributed by atoms with van der Waals surface area (Å²) in [6.07, 6.45) is 1.99. The lowest BCUT2D eigenvalue weighted by molar-refractivity contribution is 0.0606. The molecule has 0 saturated heterocycles. The molecule has 0 atom stereocenters. The van der Waals surface area contributed by atoms with Crippen LogP contribution in [0.25, 0.3) is 21.8 Å². The number of thioether (sulfide) groups is 1. The quantitative estimate of drug-likeness (QED) is 0.471. The van der Waals surface area contributed by atoms with Gasteiger partial charge < -0.3 is 14.2 Å². The number of fused-ring (bicyclic) bond motifs is 1. The first-order chi connectivity index (χ1) is 12.2. The third-order valence-electron chi connectivity index (χ3n) is 3.67. The molecule has 0 unspecified atom stereocenters. The second-order valence-corrected chi connectivity index (χ2v) is 8.10. The smallest absolute Gasteiger partial charge is 0.348 e. The number of ether oxygens (including phenoxy) is 3.